The van der Waals surface area contributed by atoms with Crippen LogP contribution in [0.15, 0.2) is 24.4 Å². The number of carboxylic acids is 1. The maximum atomic E-state index is 10.5. The molecule has 2 aromatic rings. The molecular weight excluding hydrogens is 216 g/mol. The Labute approximate surface area is 90.5 Å². The Bertz CT molecular complexity index is 528. The Balaban J connectivity index is 2.54. The molecule has 0 atom stereocenters. The van der Waals surface area contributed by atoms with E-state index in [1.807, 2.05) is 6.07 Å². The van der Waals surface area contributed by atoms with Gasteiger partial charge in [0.05, 0.1) is 10.5 Å². The third kappa shape index (κ3) is 2.05. The summed E-state index contributed by atoms with van der Waals surface area (Å²) in [6.07, 6.45) is 1.38. The minimum absolute atomic E-state index is 0.193. The highest BCUT2D eigenvalue weighted by Gasteiger charge is 2.06. The molecule has 0 aliphatic rings. The molecule has 0 unspecified atom stereocenters. The molecule has 1 heterocycles. The smallest absolute Gasteiger partial charge is 0.311 e. The number of hydrogen-bond donors (Lipinski definition) is 1. The number of benzene rings is 1. The number of halogens is 1. The lowest BCUT2D eigenvalue weighted by Gasteiger charge is -2.00. The zero-order valence-electron chi connectivity index (χ0n) is 7.64. The van der Waals surface area contributed by atoms with E-state index in [0.29, 0.717) is 10.5 Å². The highest BCUT2D eigenvalue weighted by atomic mass is 35.5. The van der Waals surface area contributed by atoms with Gasteiger partial charge >= 0.3 is 5.97 Å². The normalized spacial score (nSPS) is 10.5. The second kappa shape index (κ2) is 3.82. The summed E-state index contributed by atoms with van der Waals surface area (Å²) >= 11 is 5.93. The summed E-state index contributed by atoms with van der Waals surface area (Å²) in [5, 5.41) is 9.90. The molecule has 1 aromatic carbocycles. The lowest BCUT2D eigenvalue weighted by Crippen LogP contribution is -2.04. The Morgan fingerprint density at radius 3 is 3.00 bits per heavy atom. The van der Waals surface area contributed by atoms with Gasteiger partial charge in [0.15, 0.2) is 0 Å². The van der Waals surface area contributed by atoms with Crippen molar-refractivity contribution in [1.82, 2.24) is 9.97 Å². The lowest BCUT2D eigenvalue weighted by molar-refractivity contribution is -0.136. The summed E-state index contributed by atoms with van der Waals surface area (Å²) in [6, 6.07) is 5.33. The zero-order chi connectivity index (χ0) is 10.8. The van der Waals surface area contributed by atoms with Crippen LogP contribution in [0.25, 0.3) is 10.9 Å². The van der Waals surface area contributed by atoms with Gasteiger partial charge in [-0.05, 0) is 6.07 Å². The number of fused-ring (bicyclic) bond motifs is 1. The second-order valence-corrected chi connectivity index (χ2v) is 3.44. The maximum Gasteiger partial charge on any atom is 0.311 e. The molecule has 0 aliphatic carbocycles. The average molecular weight is 223 g/mol. The molecule has 76 valence electrons. The molecule has 4 nitrogen and oxygen atoms in total. The second-order valence-electron chi connectivity index (χ2n) is 3.03. The standard InChI is InChI=1S/C10H7ClN2O2/c11-7-3-1-2-6-5-12-8(4-9(14)15)13-10(6)7/h1-3,5H,4H2,(H,14,15). The summed E-state index contributed by atoms with van der Waals surface area (Å²) in [5.41, 5.74) is 0.588. The minimum Gasteiger partial charge on any atom is -0.481 e. The number of carbonyl (C=O) groups is 1. The Morgan fingerprint density at radius 2 is 2.27 bits per heavy atom. The molecule has 0 radical (unpaired) electrons. The van der Waals surface area contributed by atoms with Crippen molar-refractivity contribution in [3.05, 3.63) is 35.2 Å². The third-order valence-electron chi connectivity index (χ3n) is 1.92. The van der Waals surface area contributed by atoms with E-state index in [4.69, 9.17) is 16.7 Å². The number of carboxylic acid groups (broad SMARTS) is 1. The molecular formula is C10H7ClN2O2. The highest BCUT2D eigenvalue weighted by Crippen LogP contribution is 2.20. The quantitative estimate of drug-likeness (QED) is 0.843. The van der Waals surface area contributed by atoms with Crippen LogP contribution in [0.3, 0.4) is 0 Å². The summed E-state index contributed by atoms with van der Waals surface area (Å²) in [4.78, 5) is 18.5. The topological polar surface area (TPSA) is 63.1 Å². The van der Waals surface area contributed by atoms with Gasteiger partial charge in [-0.15, -0.1) is 0 Å². The number of aliphatic carboxylic acids is 1. The fourth-order valence-corrected chi connectivity index (χ4v) is 1.50. The van der Waals surface area contributed by atoms with Gasteiger partial charge in [-0.3, -0.25) is 4.79 Å². The molecule has 15 heavy (non-hydrogen) atoms. The zero-order valence-corrected chi connectivity index (χ0v) is 8.40. The number of para-hydroxylation sites is 1. The predicted molar refractivity (Wildman–Crippen MR) is 55.9 cm³/mol. The first-order chi connectivity index (χ1) is 7.16. The van der Waals surface area contributed by atoms with Gasteiger partial charge in [-0.1, -0.05) is 23.7 Å². The van der Waals surface area contributed by atoms with Crippen LogP contribution in [0.1, 0.15) is 5.82 Å². The van der Waals surface area contributed by atoms with Gasteiger partial charge in [0.25, 0.3) is 0 Å². The van der Waals surface area contributed by atoms with Gasteiger partial charge in [0.2, 0.25) is 0 Å². The number of nitrogens with zero attached hydrogens (tertiary/aromatic N) is 2. The van der Waals surface area contributed by atoms with Crippen molar-refractivity contribution in [2.75, 3.05) is 0 Å². The molecule has 0 saturated heterocycles. The fraction of sp³-hybridized carbons (Fsp3) is 0.100. The van der Waals surface area contributed by atoms with Gasteiger partial charge in [0.1, 0.15) is 12.2 Å². The highest BCUT2D eigenvalue weighted by molar-refractivity contribution is 6.34. The molecule has 5 heteroatoms. The van der Waals surface area contributed by atoms with Crippen molar-refractivity contribution in [2.45, 2.75) is 6.42 Å². The predicted octanol–water partition coefficient (Wildman–Crippen LogP) is 1.91. The lowest BCUT2D eigenvalue weighted by atomic mass is 10.2. The molecule has 0 amide bonds. The first-order valence-electron chi connectivity index (χ1n) is 4.29. The van der Waals surface area contributed by atoms with Crippen molar-refractivity contribution in [3.63, 3.8) is 0 Å². The maximum absolute atomic E-state index is 10.5. The third-order valence-corrected chi connectivity index (χ3v) is 2.23. The SMILES string of the molecule is O=C(O)Cc1ncc2cccc(Cl)c2n1. The summed E-state index contributed by atoms with van der Waals surface area (Å²) in [5.74, 6) is -0.690. The van der Waals surface area contributed by atoms with Crippen LogP contribution in [-0.4, -0.2) is 21.0 Å². The summed E-state index contributed by atoms with van der Waals surface area (Å²) in [7, 11) is 0. The van der Waals surface area contributed by atoms with E-state index in [0.717, 1.165) is 5.39 Å². The number of aromatic nitrogens is 2. The molecule has 0 saturated carbocycles. The summed E-state index contributed by atoms with van der Waals surface area (Å²) in [6.45, 7) is 0. The van der Waals surface area contributed by atoms with Gasteiger partial charge in [-0.25, -0.2) is 9.97 Å². The van der Waals surface area contributed by atoms with E-state index in [2.05, 4.69) is 9.97 Å². The molecule has 0 aliphatic heterocycles. The Kier molecular flexibility index (Phi) is 2.51. The van der Waals surface area contributed by atoms with Crippen LogP contribution >= 0.6 is 11.6 Å². The molecule has 1 aromatic heterocycles. The van der Waals surface area contributed by atoms with Crippen LogP contribution in [0.2, 0.25) is 5.02 Å². The van der Waals surface area contributed by atoms with Gasteiger partial charge < -0.3 is 5.11 Å². The van der Waals surface area contributed by atoms with E-state index >= 15 is 0 Å². The van der Waals surface area contributed by atoms with E-state index in [9.17, 15) is 4.79 Å². The van der Waals surface area contributed by atoms with Gasteiger partial charge in [-0.2, -0.15) is 0 Å². The molecule has 0 spiro atoms. The summed E-state index contributed by atoms with van der Waals surface area (Å²) < 4.78 is 0. The monoisotopic (exact) mass is 222 g/mol. The van der Waals surface area contributed by atoms with Crippen LogP contribution in [0.5, 0.6) is 0 Å². The van der Waals surface area contributed by atoms with Crippen LogP contribution in [-0.2, 0) is 11.2 Å². The van der Waals surface area contributed by atoms with Crippen LogP contribution in [0.4, 0.5) is 0 Å². The van der Waals surface area contributed by atoms with E-state index in [1.165, 1.54) is 0 Å². The minimum atomic E-state index is -0.957. The molecule has 0 bridgehead atoms. The number of hydrogen-bond acceptors (Lipinski definition) is 3. The van der Waals surface area contributed by atoms with Crippen LogP contribution in [0, 0.1) is 0 Å². The van der Waals surface area contributed by atoms with E-state index < -0.39 is 5.97 Å². The van der Waals surface area contributed by atoms with E-state index in [-0.39, 0.29) is 12.2 Å². The van der Waals surface area contributed by atoms with Crippen molar-refractivity contribution in [3.8, 4) is 0 Å². The van der Waals surface area contributed by atoms with Crippen LogP contribution < -0.4 is 0 Å². The van der Waals surface area contributed by atoms with Crippen molar-refractivity contribution >= 4 is 28.5 Å². The molecule has 0 fully saturated rings. The van der Waals surface area contributed by atoms with E-state index in [1.54, 1.807) is 18.3 Å². The molecule has 2 rings (SSSR count). The number of rotatable bonds is 2. The van der Waals surface area contributed by atoms with Gasteiger partial charge in [0, 0.05) is 11.6 Å². The Morgan fingerprint density at radius 1 is 1.47 bits per heavy atom. The van der Waals surface area contributed by atoms with Crippen molar-refractivity contribution in [1.29, 1.82) is 0 Å². The largest absolute Gasteiger partial charge is 0.481 e. The molecule has 1 N–H and O–H groups in total. The Hall–Kier alpha value is -1.68. The van der Waals surface area contributed by atoms with Crippen molar-refractivity contribution < 1.29 is 9.90 Å². The van der Waals surface area contributed by atoms with Crippen molar-refractivity contribution in [2.24, 2.45) is 0 Å². The average Bonchev–Trinajstić information content (AvgIpc) is 2.18. The first-order valence-corrected chi connectivity index (χ1v) is 4.66. The first kappa shape index (κ1) is 9.86. The fourth-order valence-electron chi connectivity index (χ4n) is 1.28.